The van der Waals surface area contributed by atoms with E-state index in [0.717, 1.165) is 44.1 Å². The summed E-state index contributed by atoms with van der Waals surface area (Å²) in [4.78, 5) is 41.8. The summed E-state index contributed by atoms with van der Waals surface area (Å²) in [5, 5.41) is 12.0. The summed E-state index contributed by atoms with van der Waals surface area (Å²) in [6, 6.07) is -0.457. The summed E-state index contributed by atoms with van der Waals surface area (Å²) < 4.78 is 19.5. The maximum Gasteiger partial charge on any atom is 0.324 e. The number of ketones is 2. The molecule has 1 saturated heterocycles. The molecule has 238 valence electrons. The van der Waals surface area contributed by atoms with Crippen molar-refractivity contribution >= 4 is 17.5 Å². The molecule has 4 saturated carbocycles. The number of hydrogen-bond donors (Lipinski definition) is 1. The Balaban J connectivity index is 1.33. The van der Waals surface area contributed by atoms with E-state index in [1.807, 2.05) is 38.9 Å². The Morgan fingerprint density at radius 1 is 1.14 bits per heavy atom. The minimum absolute atomic E-state index is 0.0140. The molecule has 10 atom stereocenters. The Bertz CT molecular complexity index is 1190. The molecule has 1 heterocycles. The fourth-order valence-corrected chi connectivity index (χ4v) is 10.6. The maximum absolute atomic E-state index is 14.6. The Kier molecular flexibility index (Phi) is 8.09. The van der Waals surface area contributed by atoms with Gasteiger partial charge in [0, 0.05) is 22.7 Å². The van der Waals surface area contributed by atoms with Crippen LogP contribution < -0.4 is 0 Å². The molecule has 0 bridgehead atoms. The molecule has 0 aromatic rings. The van der Waals surface area contributed by atoms with Gasteiger partial charge in [0.05, 0.1) is 12.2 Å². The lowest BCUT2D eigenvalue weighted by Crippen LogP contribution is -2.64. The number of Topliss-reactive ketones (excluding diaryl/α,β-unsaturated/α-hetero) is 1. The maximum atomic E-state index is 14.6. The van der Waals surface area contributed by atoms with Crippen LogP contribution in [0.25, 0.3) is 0 Å². The summed E-state index contributed by atoms with van der Waals surface area (Å²) >= 11 is 0. The number of allylic oxidation sites excluding steroid dienone is 4. The van der Waals surface area contributed by atoms with Crippen molar-refractivity contribution in [3.8, 4) is 0 Å². The van der Waals surface area contributed by atoms with E-state index in [1.165, 1.54) is 6.42 Å². The largest absolute Gasteiger partial charge is 0.456 e. The SMILES string of the molecule is CC(C)[C@@H](C(=O)OCC(=O)[C@@]12O[C@H](C3CCCCC3)O[C@H]1CC1C3CCC4=CC(=O)C=C[C@]4(C)C3[C@@H](O)C[C@@]12C)N(C)C. The Morgan fingerprint density at radius 2 is 1.86 bits per heavy atom. The van der Waals surface area contributed by atoms with Gasteiger partial charge in [0.25, 0.3) is 0 Å². The standard InChI is InChI=1S/C35H51NO7/c1-20(2)30(36(5)6)31(40)41-19-27(39)35-28(42-32(43-35)21-10-8-7-9-11-21)17-25-24-13-12-22-16-23(37)14-15-33(22,3)29(24)26(38)18-34(25,35)4/h14-16,20-21,24-26,28-30,32,38H,7-13,17-19H2,1-6H3/t24?,25?,26-,28-,29?,30-,32+,33-,34-,35+/m0/s1. The van der Waals surface area contributed by atoms with E-state index in [9.17, 15) is 19.5 Å². The van der Waals surface area contributed by atoms with Crippen LogP contribution in [-0.2, 0) is 28.6 Å². The highest BCUT2D eigenvalue weighted by molar-refractivity contribution is 6.01. The third kappa shape index (κ3) is 4.72. The lowest BCUT2D eigenvalue weighted by molar-refractivity contribution is -0.210. The second-order valence-electron chi connectivity index (χ2n) is 15.4. The van der Waals surface area contributed by atoms with Crippen molar-refractivity contribution in [2.75, 3.05) is 20.7 Å². The third-order valence-electron chi connectivity index (χ3n) is 12.5. The molecule has 6 rings (SSSR count). The fraction of sp³-hybridized carbons (Fsp3) is 0.800. The monoisotopic (exact) mass is 597 g/mol. The van der Waals surface area contributed by atoms with Crippen molar-refractivity contribution < 1.29 is 33.7 Å². The molecule has 8 nitrogen and oxygen atoms in total. The minimum atomic E-state index is -1.28. The van der Waals surface area contributed by atoms with Crippen LogP contribution in [0, 0.1) is 40.4 Å². The number of likely N-dealkylation sites (N-methyl/N-ethyl adjacent to an activating group) is 1. The number of aliphatic hydroxyl groups excluding tert-OH is 1. The zero-order valence-corrected chi connectivity index (χ0v) is 26.8. The van der Waals surface area contributed by atoms with E-state index in [-0.39, 0.29) is 47.8 Å². The number of esters is 1. The highest BCUT2D eigenvalue weighted by atomic mass is 16.7. The molecule has 0 radical (unpaired) electrons. The van der Waals surface area contributed by atoms with Gasteiger partial charge in [0.1, 0.15) is 6.04 Å². The van der Waals surface area contributed by atoms with Gasteiger partial charge < -0.3 is 19.3 Å². The van der Waals surface area contributed by atoms with Crippen molar-refractivity contribution in [1.82, 2.24) is 4.90 Å². The highest BCUT2D eigenvalue weighted by Gasteiger charge is 2.76. The molecule has 3 unspecified atom stereocenters. The van der Waals surface area contributed by atoms with E-state index in [2.05, 4.69) is 13.8 Å². The van der Waals surface area contributed by atoms with Crippen LogP contribution in [0.3, 0.4) is 0 Å². The number of carbonyl (C=O) groups is 3. The van der Waals surface area contributed by atoms with E-state index >= 15 is 0 Å². The number of hydrogen-bond acceptors (Lipinski definition) is 8. The molecule has 5 aliphatic carbocycles. The van der Waals surface area contributed by atoms with Crippen LogP contribution in [0.15, 0.2) is 23.8 Å². The molecule has 5 fully saturated rings. The van der Waals surface area contributed by atoms with Crippen LogP contribution in [0.4, 0.5) is 0 Å². The molecule has 0 aromatic carbocycles. The third-order valence-corrected chi connectivity index (χ3v) is 12.5. The molecule has 0 spiro atoms. The first-order chi connectivity index (χ1) is 20.3. The number of ether oxygens (including phenoxy) is 3. The Morgan fingerprint density at radius 3 is 2.53 bits per heavy atom. The topological polar surface area (TPSA) is 102 Å². The first kappa shape index (κ1) is 31.1. The average molecular weight is 598 g/mol. The van der Waals surface area contributed by atoms with Crippen molar-refractivity contribution in [3.05, 3.63) is 23.8 Å². The molecule has 1 N–H and O–H groups in total. The van der Waals surface area contributed by atoms with Crippen LogP contribution in [-0.4, -0.2) is 78.4 Å². The van der Waals surface area contributed by atoms with Gasteiger partial charge in [-0.3, -0.25) is 19.3 Å². The fourth-order valence-electron chi connectivity index (χ4n) is 10.6. The number of aliphatic hydroxyl groups is 1. The number of fused-ring (bicyclic) bond motifs is 7. The van der Waals surface area contributed by atoms with Gasteiger partial charge in [-0.05, 0) is 82.5 Å². The van der Waals surface area contributed by atoms with Crippen molar-refractivity contribution in [2.45, 2.75) is 116 Å². The van der Waals surface area contributed by atoms with Crippen molar-refractivity contribution in [3.63, 3.8) is 0 Å². The zero-order valence-electron chi connectivity index (χ0n) is 26.8. The first-order valence-electron chi connectivity index (χ1n) is 16.7. The molecule has 1 aliphatic heterocycles. The Hall–Kier alpha value is -1.87. The zero-order chi connectivity index (χ0) is 30.9. The molecule has 6 aliphatic rings. The van der Waals surface area contributed by atoms with Crippen LogP contribution >= 0.6 is 0 Å². The number of rotatable bonds is 7. The normalized spacial score (nSPS) is 43.1. The summed E-state index contributed by atoms with van der Waals surface area (Å²) in [7, 11) is 3.69. The van der Waals surface area contributed by atoms with Crippen molar-refractivity contribution in [2.24, 2.45) is 40.4 Å². The molecule has 0 aromatic heterocycles. The van der Waals surface area contributed by atoms with Gasteiger partial charge in [-0.15, -0.1) is 0 Å². The van der Waals surface area contributed by atoms with Gasteiger partial charge in [-0.2, -0.15) is 0 Å². The molecule has 0 amide bonds. The van der Waals surface area contributed by atoms with Crippen LogP contribution in [0.5, 0.6) is 0 Å². The highest BCUT2D eigenvalue weighted by Crippen LogP contribution is 2.70. The minimum Gasteiger partial charge on any atom is -0.456 e. The smallest absolute Gasteiger partial charge is 0.324 e. The average Bonchev–Trinajstić information content (AvgIpc) is 3.45. The van der Waals surface area contributed by atoms with E-state index in [1.54, 1.807) is 12.2 Å². The summed E-state index contributed by atoms with van der Waals surface area (Å²) in [5.74, 6) is -0.198. The Labute approximate surface area is 256 Å². The first-order valence-corrected chi connectivity index (χ1v) is 16.7. The van der Waals surface area contributed by atoms with Gasteiger partial charge in [-0.1, -0.05) is 58.6 Å². The number of carbonyl (C=O) groups excluding carboxylic acids is 3. The van der Waals surface area contributed by atoms with Gasteiger partial charge in [-0.25, -0.2) is 0 Å². The van der Waals surface area contributed by atoms with E-state index in [0.29, 0.717) is 12.8 Å². The van der Waals surface area contributed by atoms with Gasteiger partial charge >= 0.3 is 5.97 Å². The molecular formula is C35H51NO7. The predicted octanol–water partition coefficient (Wildman–Crippen LogP) is 4.63. The molecule has 8 heteroatoms. The van der Waals surface area contributed by atoms with Crippen LogP contribution in [0.2, 0.25) is 0 Å². The van der Waals surface area contributed by atoms with E-state index < -0.39 is 46.9 Å². The predicted molar refractivity (Wildman–Crippen MR) is 161 cm³/mol. The summed E-state index contributed by atoms with van der Waals surface area (Å²) in [6.45, 7) is 7.85. The second kappa shape index (κ2) is 11.2. The molecule has 43 heavy (non-hydrogen) atoms. The van der Waals surface area contributed by atoms with Gasteiger partial charge in [0.15, 0.2) is 24.3 Å². The second-order valence-corrected chi connectivity index (χ2v) is 15.4. The van der Waals surface area contributed by atoms with E-state index in [4.69, 9.17) is 14.2 Å². The lowest BCUT2D eigenvalue weighted by Gasteiger charge is -2.59. The number of nitrogens with zero attached hydrogens (tertiary/aromatic N) is 1. The quantitative estimate of drug-likeness (QED) is 0.424. The van der Waals surface area contributed by atoms with Crippen molar-refractivity contribution in [1.29, 1.82) is 0 Å². The summed E-state index contributed by atoms with van der Waals surface area (Å²) in [5.41, 5.74) is -1.26. The molecular weight excluding hydrogens is 546 g/mol. The van der Waals surface area contributed by atoms with Crippen LogP contribution in [0.1, 0.15) is 85.5 Å². The van der Waals surface area contributed by atoms with Gasteiger partial charge in [0.2, 0.25) is 5.78 Å². The summed E-state index contributed by atoms with van der Waals surface area (Å²) in [6.07, 6.45) is 12.0. The lowest BCUT2D eigenvalue weighted by atomic mass is 9.46.